The van der Waals surface area contributed by atoms with Crippen LogP contribution in [0.5, 0.6) is 28.7 Å². The van der Waals surface area contributed by atoms with E-state index in [4.69, 9.17) is 28.7 Å². The molecule has 4 heterocycles. The van der Waals surface area contributed by atoms with Gasteiger partial charge in [0, 0.05) is 81.1 Å². The molecule has 0 spiro atoms. The first-order valence-electron chi connectivity index (χ1n) is 27.3. The zero-order chi connectivity index (χ0) is 57.9. The lowest BCUT2D eigenvalue weighted by molar-refractivity contribution is -0.138. The molecule has 0 bridgehead atoms. The Morgan fingerprint density at radius 1 is 0.728 bits per heavy atom. The van der Waals surface area contributed by atoms with Crippen molar-refractivity contribution < 1.29 is 57.2 Å². The number of likely N-dealkylation sites (tertiary alicyclic amines) is 1. The van der Waals surface area contributed by atoms with E-state index in [-0.39, 0.29) is 85.6 Å². The van der Waals surface area contributed by atoms with Crippen molar-refractivity contribution in [3.8, 4) is 28.7 Å². The number of rotatable bonds is 25. The van der Waals surface area contributed by atoms with E-state index in [1.54, 1.807) is 86.5 Å². The third-order valence-electron chi connectivity index (χ3n) is 14.7. The van der Waals surface area contributed by atoms with Crippen LogP contribution in [0.3, 0.4) is 0 Å². The molecule has 1 saturated heterocycles. The quantitative estimate of drug-likeness (QED) is 0.0322. The second kappa shape index (κ2) is 26.4. The van der Waals surface area contributed by atoms with Gasteiger partial charge in [-0.15, -0.1) is 0 Å². The largest absolute Gasteiger partial charge is 0.497 e. The van der Waals surface area contributed by atoms with Crippen molar-refractivity contribution in [3.05, 3.63) is 107 Å². The van der Waals surface area contributed by atoms with Crippen molar-refractivity contribution in [2.24, 2.45) is 15.9 Å². The van der Waals surface area contributed by atoms with Gasteiger partial charge in [0.2, 0.25) is 29.5 Å². The van der Waals surface area contributed by atoms with Crippen molar-refractivity contribution in [3.63, 3.8) is 0 Å². The average molecular weight is 1110 g/mol. The van der Waals surface area contributed by atoms with Crippen molar-refractivity contribution in [2.45, 2.75) is 110 Å². The predicted octanol–water partition coefficient (Wildman–Crippen LogP) is 8.43. The zero-order valence-electron chi connectivity index (χ0n) is 46.9. The number of ether oxygens (including phenoxy) is 5. The van der Waals surface area contributed by atoms with Crippen molar-refractivity contribution in [1.82, 2.24) is 25.3 Å². The van der Waals surface area contributed by atoms with Gasteiger partial charge in [-0.2, -0.15) is 0 Å². The number of unbranched alkanes of at least 4 members (excludes halogenated alkanes) is 2. The van der Waals surface area contributed by atoms with Gasteiger partial charge in [-0.1, -0.05) is 44.5 Å². The van der Waals surface area contributed by atoms with E-state index < -0.39 is 23.9 Å². The Morgan fingerprint density at radius 2 is 1.37 bits per heavy atom. The minimum Gasteiger partial charge on any atom is -0.497 e. The number of methoxy groups -OCH3 is 3. The fourth-order valence-electron chi connectivity index (χ4n) is 10.0. The Bertz CT molecular complexity index is 3140. The number of carbonyl (C=O) groups excluding carboxylic acids is 7. The summed E-state index contributed by atoms with van der Waals surface area (Å²) < 4.78 is 29.0. The van der Waals surface area contributed by atoms with Crippen LogP contribution >= 0.6 is 0 Å². The molecule has 1 unspecified atom stereocenters. The Balaban J connectivity index is 0.808. The third-order valence-corrected chi connectivity index (χ3v) is 14.7. The molecule has 0 aliphatic carbocycles. The molecule has 4 aliphatic rings. The average Bonchev–Trinajstić information content (AvgIpc) is 4.16. The number of hydrogen-bond acceptors (Lipinski definition) is 14. The van der Waals surface area contributed by atoms with E-state index in [0.717, 1.165) is 28.0 Å². The Kier molecular flexibility index (Phi) is 19.0. The summed E-state index contributed by atoms with van der Waals surface area (Å²) in [6.45, 7) is 11.7. The van der Waals surface area contributed by atoms with Gasteiger partial charge in [0.15, 0.2) is 23.0 Å². The van der Waals surface area contributed by atoms with Crippen LogP contribution in [0.25, 0.3) is 11.1 Å². The number of benzene rings is 4. The number of nitrogens with zero attached hydrogens (tertiary/aromatic N) is 5. The number of aliphatic imine (C=N–C) groups is 2. The molecular weight excluding hydrogens is 1040 g/mol. The number of imide groups is 1. The maximum absolute atomic E-state index is 14.2. The first-order valence-corrected chi connectivity index (χ1v) is 27.3. The van der Waals surface area contributed by atoms with Gasteiger partial charge < -0.3 is 49.4 Å². The molecule has 20 nitrogen and oxygen atoms in total. The minimum atomic E-state index is -0.925. The Morgan fingerprint density at radius 3 is 2.01 bits per heavy atom. The van der Waals surface area contributed by atoms with Crippen LogP contribution < -0.4 is 39.6 Å². The zero-order valence-corrected chi connectivity index (χ0v) is 46.9. The standard InChI is InChI=1S/C61H70N8O12/c1-36(2)57(66-54(70)13-10-9-11-24-67-55(71)22-23-56(67)72)59(74)64-38(4)58(73)65-43-18-14-39(15-19-43)41-27-37(3)68(34-41)60(75)46-29-50(78-7)52(31-48(46)62-5)80-25-12-26-81-53-32-49-47(30-51(53)79-8)61(76)69-35-42(28-44(69)33-63-49)40-16-20-45(77-6)21-17-40/h14-21,29-38,44,57H,5,9-13,22-28H2,1-4,6-8H3,(H,64,74)(H,65,73)(H,66,70)/t37-,38+,44?,57+/m1/s1. The van der Waals surface area contributed by atoms with Crippen molar-refractivity contribution in [1.29, 1.82) is 0 Å². The molecule has 81 heavy (non-hydrogen) atoms. The van der Waals surface area contributed by atoms with Gasteiger partial charge in [0.1, 0.15) is 17.8 Å². The van der Waals surface area contributed by atoms with Gasteiger partial charge in [0.05, 0.1) is 63.1 Å². The van der Waals surface area contributed by atoms with Gasteiger partial charge in [-0.3, -0.25) is 48.4 Å². The highest BCUT2D eigenvalue weighted by atomic mass is 16.5. The van der Waals surface area contributed by atoms with Gasteiger partial charge in [0.25, 0.3) is 11.8 Å². The first kappa shape index (κ1) is 58.3. The summed E-state index contributed by atoms with van der Waals surface area (Å²) in [7, 11) is 4.63. The molecule has 4 aliphatic heterocycles. The third kappa shape index (κ3) is 13.8. The monoisotopic (exact) mass is 1110 g/mol. The smallest absolute Gasteiger partial charge is 0.260 e. The van der Waals surface area contributed by atoms with Gasteiger partial charge in [-0.25, -0.2) is 0 Å². The lowest BCUT2D eigenvalue weighted by Crippen LogP contribution is -2.53. The van der Waals surface area contributed by atoms with Crippen LogP contribution in [0.15, 0.2) is 95.2 Å². The highest BCUT2D eigenvalue weighted by Gasteiger charge is 2.35. The van der Waals surface area contributed by atoms with E-state index in [0.29, 0.717) is 90.7 Å². The van der Waals surface area contributed by atoms with Crippen LogP contribution in [0.2, 0.25) is 0 Å². The van der Waals surface area contributed by atoms with Crippen LogP contribution in [0, 0.1) is 5.92 Å². The highest BCUT2D eigenvalue weighted by molar-refractivity contribution is 6.06. The second-order valence-corrected chi connectivity index (χ2v) is 20.6. The molecule has 1 fully saturated rings. The highest BCUT2D eigenvalue weighted by Crippen LogP contribution is 2.41. The molecule has 3 N–H and O–H groups in total. The van der Waals surface area contributed by atoms with E-state index >= 15 is 0 Å². The SMILES string of the molecule is C=Nc1cc(OCCCOc2cc3c(cc2OC)C(=O)N2C=C(c4ccc(OC)cc4)CC2C=N3)c(OC)cc1C(=O)N1C=C(c2ccc(NC(=O)[C@H](C)NC(=O)[C@@H](NC(=O)CCCCCN3C(=O)CCC3=O)C(C)C)cc2)C[C@H]1C. The lowest BCUT2D eigenvalue weighted by atomic mass is 10.0. The van der Waals surface area contributed by atoms with Crippen LogP contribution in [0.4, 0.5) is 17.1 Å². The number of fused-ring (bicyclic) bond motifs is 2. The summed E-state index contributed by atoms with van der Waals surface area (Å²) in [6, 6.07) is 19.3. The summed E-state index contributed by atoms with van der Waals surface area (Å²) in [4.78, 5) is 105. The second-order valence-electron chi connectivity index (χ2n) is 20.6. The number of carbonyl (C=O) groups is 7. The molecule has 0 saturated carbocycles. The fourth-order valence-corrected chi connectivity index (χ4v) is 10.0. The van der Waals surface area contributed by atoms with E-state index in [9.17, 15) is 33.6 Å². The van der Waals surface area contributed by atoms with Crippen LogP contribution in [-0.4, -0.2) is 134 Å². The fraction of sp³-hybridized carbons (Fsp3) is 0.393. The Labute approximate surface area is 471 Å². The van der Waals surface area contributed by atoms with Crippen LogP contribution in [0.1, 0.15) is 117 Å². The van der Waals surface area contributed by atoms with E-state index in [1.165, 1.54) is 19.1 Å². The maximum Gasteiger partial charge on any atom is 0.260 e. The maximum atomic E-state index is 14.2. The minimum absolute atomic E-state index is 0.159. The molecule has 20 heteroatoms. The molecule has 7 amide bonds. The number of nitrogens with one attached hydrogen (secondary N) is 3. The van der Waals surface area contributed by atoms with Crippen LogP contribution in [-0.2, 0) is 24.0 Å². The Hall–Kier alpha value is -8.81. The summed E-state index contributed by atoms with van der Waals surface area (Å²) in [5.74, 6) is -0.0507. The number of anilines is 1. The normalized spacial score (nSPS) is 17.1. The van der Waals surface area contributed by atoms with Crippen molar-refractivity contribution >= 4 is 82.5 Å². The molecule has 0 aromatic heterocycles. The predicted molar refractivity (Wildman–Crippen MR) is 307 cm³/mol. The molecule has 8 rings (SSSR count). The first-order chi connectivity index (χ1) is 39.0. The van der Waals surface area contributed by atoms with E-state index in [1.807, 2.05) is 49.5 Å². The summed E-state index contributed by atoms with van der Waals surface area (Å²) in [6.07, 6.45) is 9.53. The number of hydrogen-bond donors (Lipinski definition) is 3. The number of amides is 7. The summed E-state index contributed by atoms with van der Waals surface area (Å²) in [5.41, 5.74) is 5.73. The summed E-state index contributed by atoms with van der Waals surface area (Å²) in [5, 5.41) is 8.35. The molecule has 0 radical (unpaired) electrons. The molecule has 426 valence electrons. The lowest BCUT2D eigenvalue weighted by Gasteiger charge is -2.24. The van der Waals surface area contributed by atoms with Gasteiger partial charge >= 0.3 is 0 Å². The topological polar surface area (TPSA) is 236 Å². The molecule has 4 aromatic rings. The summed E-state index contributed by atoms with van der Waals surface area (Å²) >= 11 is 0. The van der Waals surface area contributed by atoms with Crippen molar-refractivity contribution in [2.75, 3.05) is 46.4 Å². The van der Waals surface area contributed by atoms with E-state index in [2.05, 4.69) is 27.7 Å². The van der Waals surface area contributed by atoms with Gasteiger partial charge in [-0.05, 0) is 104 Å². The molecule has 4 aromatic carbocycles. The molecule has 4 atom stereocenters. The molecular formula is C61H70N8O12.